The van der Waals surface area contributed by atoms with Gasteiger partial charge in [-0.25, -0.2) is 0 Å². The first kappa shape index (κ1) is 11.6. The van der Waals surface area contributed by atoms with E-state index in [4.69, 9.17) is 10.5 Å². The monoisotopic (exact) mass is 240 g/mol. The van der Waals surface area contributed by atoms with Crippen LogP contribution in [0.2, 0.25) is 0 Å². The number of carbonyl (C=O) groups excluding carboxylic acids is 1. The average molecular weight is 240 g/mol. The van der Waals surface area contributed by atoms with Gasteiger partial charge in [-0.1, -0.05) is 6.07 Å². The molecule has 1 aromatic heterocycles. The van der Waals surface area contributed by atoms with E-state index in [2.05, 4.69) is 5.32 Å². The van der Waals surface area contributed by atoms with Crippen LogP contribution in [0.5, 0.6) is 0 Å². The highest BCUT2D eigenvalue weighted by Gasteiger charge is 2.20. The molecule has 1 amide bonds. The molecular weight excluding hydrogens is 224 g/mol. The number of rotatable bonds is 4. The van der Waals surface area contributed by atoms with Crippen molar-refractivity contribution in [1.82, 2.24) is 5.32 Å². The fourth-order valence-electron chi connectivity index (χ4n) is 1.73. The van der Waals surface area contributed by atoms with Crippen molar-refractivity contribution >= 4 is 17.2 Å². The van der Waals surface area contributed by atoms with E-state index in [0.717, 1.165) is 24.3 Å². The Labute approximate surface area is 98.8 Å². The number of hydrogen-bond acceptors (Lipinski definition) is 4. The highest BCUT2D eigenvalue weighted by molar-refractivity contribution is 7.10. The second-order valence-corrected chi connectivity index (χ2v) is 4.85. The summed E-state index contributed by atoms with van der Waals surface area (Å²) in [7, 11) is 0. The molecule has 0 spiro atoms. The van der Waals surface area contributed by atoms with Gasteiger partial charge in [-0.05, 0) is 24.3 Å². The number of amides is 1. The summed E-state index contributed by atoms with van der Waals surface area (Å²) < 4.78 is 5.42. The van der Waals surface area contributed by atoms with Gasteiger partial charge in [0.1, 0.15) is 6.04 Å². The molecule has 0 aliphatic carbocycles. The van der Waals surface area contributed by atoms with Gasteiger partial charge in [0, 0.05) is 18.0 Å². The van der Waals surface area contributed by atoms with E-state index in [9.17, 15) is 4.79 Å². The molecule has 0 aromatic carbocycles. The number of thiophene rings is 1. The maximum Gasteiger partial charge on any atom is 0.242 e. The molecule has 1 saturated heterocycles. The van der Waals surface area contributed by atoms with Crippen LogP contribution < -0.4 is 11.1 Å². The number of hydrogen-bond donors (Lipinski definition) is 2. The van der Waals surface area contributed by atoms with Gasteiger partial charge in [-0.2, -0.15) is 0 Å². The minimum absolute atomic E-state index is 0.127. The van der Waals surface area contributed by atoms with E-state index >= 15 is 0 Å². The zero-order valence-corrected chi connectivity index (χ0v) is 9.83. The van der Waals surface area contributed by atoms with Crippen molar-refractivity contribution in [2.24, 2.45) is 5.73 Å². The standard InChI is InChI=1S/C11H16N2O2S/c12-10(9-4-2-6-16-9)11(14)13-7-8-3-1-5-15-8/h2,4,6,8,10H,1,3,5,7,12H2,(H,13,14). The van der Waals surface area contributed by atoms with Gasteiger partial charge in [-0.15, -0.1) is 11.3 Å². The molecule has 16 heavy (non-hydrogen) atoms. The summed E-state index contributed by atoms with van der Waals surface area (Å²) >= 11 is 1.50. The van der Waals surface area contributed by atoms with E-state index in [1.165, 1.54) is 11.3 Å². The van der Waals surface area contributed by atoms with E-state index in [1.807, 2.05) is 17.5 Å². The molecule has 1 aliphatic heterocycles. The third-order valence-electron chi connectivity index (χ3n) is 2.66. The summed E-state index contributed by atoms with van der Waals surface area (Å²) in [5.74, 6) is -0.127. The Kier molecular flexibility index (Phi) is 3.93. The van der Waals surface area contributed by atoms with E-state index in [-0.39, 0.29) is 12.0 Å². The van der Waals surface area contributed by atoms with Crippen LogP contribution in [0, 0.1) is 0 Å². The number of ether oxygens (including phenoxy) is 1. The maximum absolute atomic E-state index is 11.7. The highest BCUT2D eigenvalue weighted by Crippen LogP contribution is 2.17. The fraction of sp³-hybridized carbons (Fsp3) is 0.545. The van der Waals surface area contributed by atoms with Crippen LogP contribution in [0.15, 0.2) is 17.5 Å². The molecule has 0 saturated carbocycles. The first-order chi connectivity index (χ1) is 7.77. The molecule has 88 valence electrons. The van der Waals surface area contributed by atoms with Crippen molar-refractivity contribution in [2.45, 2.75) is 25.0 Å². The summed E-state index contributed by atoms with van der Waals surface area (Å²) in [4.78, 5) is 12.6. The third-order valence-corrected chi connectivity index (χ3v) is 3.62. The van der Waals surface area contributed by atoms with Crippen molar-refractivity contribution in [3.05, 3.63) is 22.4 Å². The summed E-state index contributed by atoms with van der Waals surface area (Å²) in [6.07, 6.45) is 2.27. The molecular formula is C11H16N2O2S. The summed E-state index contributed by atoms with van der Waals surface area (Å²) in [6.45, 7) is 1.37. The molecule has 1 aromatic rings. The molecule has 3 N–H and O–H groups in total. The minimum Gasteiger partial charge on any atom is -0.376 e. The summed E-state index contributed by atoms with van der Waals surface area (Å²) in [5, 5.41) is 4.75. The topological polar surface area (TPSA) is 64.4 Å². The Morgan fingerprint density at radius 1 is 1.75 bits per heavy atom. The van der Waals surface area contributed by atoms with Crippen molar-refractivity contribution in [1.29, 1.82) is 0 Å². The maximum atomic E-state index is 11.7. The molecule has 2 heterocycles. The molecule has 2 atom stereocenters. The van der Waals surface area contributed by atoms with Crippen LogP contribution in [0.25, 0.3) is 0 Å². The first-order valence-electron chi connectivity index (χ1n) is 5.45. The van der Waals surface area contributed by atoms with Gasteiger partial charge < -0.3 is 15.8 Å². The number of nitrogens with one attached hydrogen (secondary N) is 1. The number of nitrogens with two attached hydrogens (primary N) is 1. The fourth-order valence-corrected chi connectivity index (χ4v) is 2.45. The highest BCUT2D eigenvalue weighted by atomic mass is 32.1. The molecule has 4 nitrogen and oxygen atoms in total. The SMILES string of the molecule is NC(C(=O)NCC1CCCO1)c1cccs1. The quantitative estimate of drug-likeness (QED) is 0.826. The summed E-state index contributed by atoms with van der Waals surface area (Å²) in [5.41, 5.74) is 5.83. The van der Waals surface area contributed by atoms with Gasteiger partial charge in [-0.3, -0.25) is 4.79 Å². The third kappa shape index (κ3) is 2.81. The first-order valence-corrected chi connectivity index (χ1v) is 6.33. The Bertz CT molecular complexity index is 334. The van der Waals surface area contributed by atoms with Gasteiger partial charge in [0.05, 0.1) is 6.10 Å². The van der Waals surface area contributed by atoms with Crippen molar-refractivity contribution in [3.8, 4) is 0 Å². The average Bonchev–Trinajstić information content (AvgIpc) is 2.96. The van der Waals surface area contributed by atoms with Gasteiger partial charge in [0.2, 0.25) is 5.91 Å². The smallest absolute Gasteiger partial charge is 0.242 e. The molecule has 2 unspecified atom stereocenters. The molecule has 0 bridgehead atoms. The molecule has 0 radical (unpaired) electrons. The van der Waals surface area contributed by atoms with Crippen molar-refractivity contribution in [3.63, 3.8) is 0 Å². The largest absolute Gasteiger partial charge is 0.376 e. The molecule has 1 aliphatic rings. The molecule has 2 rings (SSSR count). The van der Waals surface area contributed by atoms with Crippen LogP contribution in [-0.2, 0) is 9.53 Å². The number of carbonyl (C=O) groups is 1. The van der Waals surface area contributed by atoms with Crippen LogP contribution in [-0.4, -0.2) is 25.2 Å². The van der Waals surface area contributed by atoms with Crippen LogP contribution in [0.1, 0.15) is 23.8 Å². The van der Waals surface area contributed by atoms with Crippen molar-refractivity contribution in [2.75, 3.05) is 13.2 Å². The Balaban J connectivity index is 1.79. The predicted octanol–water partition coefficient (Wildman–Crippen LogP) is 1.04. The zero-order valence-electron chi connectivity index (χ0n) is 9.02. The molecule has 1 fully saturated rings. The normalized spacial score (nSPS) is 21.9. The van der Waals surface area contributed by atoms with E-state index in [0.29, 0.717) is 6.54 Å². The predicted molar refractivity (Wildman–Crippen MR) is 63.2 cm³/mol. The second-order valence-electron chi connectivity index (χ2n) is 3.87. The Morgan fingerprint density at radius 3 is 3.25 bits per heavy atom. The van der Waals surface area contributed by atoms with Gasteiger partial charge in [0.25, 0.3) is 0 Å². The molecule has 5 heteroatoms. The van der Waals surface area contributed by atoms with Crippen LogP contribution in [0.4, 0.5) is 0 Å². The van der Waals surface area contributed by atoms with Crippen LogP contribution in [0.3, 0.4) is 0 Å². The van der Waals surface area contributed by atoms with Crippen LogP contribution >= 0.6 is 11.3 Å². The Hall–Kier alpha value is -0.910. The van der Waals surface area contributed by atoms with Crippen molar-refractivity contribution < 1.29 is 9.53 Å². The van der Waals surface area contributed by atoms with E-state index < -0.39 is 6.04 Å². The lowest BCUT2D eigenvalue weighted by Crippen LogP contribution is -2.38. The summed E-state index contributed by atoms with van der Waals surface area (Å²) in [6, 6.07) is 3.22. The van der Waals surface area contributed by atoms with Gasteiger partial charge >= 0.3 is 0 Å². The lowest BCUT2D eigenvalue weighted by Gasteiger charge is -2.13. The second kappa shape index (κ2) is 5.43. The zero-order chi connectivity index (χ0) is 11.4. The minimum atomic E-state index is -0.554. The lowest BCUT2D eigenvalue weighted by atomic mass is 10.2. The van der Waals surface area contributed by atoms with E-state index in [1.54, 1.807) is 0 Å². The Morgan fingerprint density at radius 2 is 2.62 bits per heavy atom. The lowest BCUT2D eigenvalue weighted by molar-refractivity contribution is -0.122. The van der Waals surface area contributed by atoms with Gasteiger partial charge in [0.15, 0.2) is 0 Å².